The lowest BCUT2D eigenvalue weighted by Gasteiger charge is -2.40. The molecule has 1 amide bonds. The summed E-state index contributed by atoms with van der Waals surface area (Å²) in [6.07, 6.45) is -2.02. The largest absolute Gasteiger partial charge is 0.444 e. The van der Waals surface area contributed by atoms with Crippen LogP contribution < -0.4 is 5.32 Å². The van der Waals surface area contributed by atoms with Crippen molar-refractivity contribution in [3.63, 3.8) is 0 Å². The van der Waals surface area contributed by atoms with Gasteiger partial charge in [-0.25, -0.2) is 4.79 Å². The number of nitrogens with one attached hydrogen (secondary N) is 1. The molecule has 2 heterocycles. The molecule has 1 aliphatic heterocycles. The molecule has 0 aliphatic carbocycles. The predicted octanol–water partition coefficient (Wildman–Crippen LogP) is 3.98. The highest BCUT2D eigenvalue weighted by molar-refractivity contribution is 5.68. The van der Waals surface area contributed by atoms with E-state index in [2.05, 4.69) is 17.2 Å². The highest BCUT2D eigenvalue weighted by Gasteiger charge is 2.34. The number of hydrogen-bond acceptors (Lipinski definition) is 4. The maximum Gasteiger partial charge on any atom is 0.433 e. The molecule has 1 fully saturated rings. The SMILES string of the molecule is CC1(NCc2ccc(C(F)(F)F)nc2)CCN(C(=O)OC(C)(C)C)CC1. The number of alkyl halides is 3. The number of halogens is 3. The van der Waals surface area contributed by atoms with Crippen molar-refractivity contribution in [3.05, 3.63) is 29.6 Å². The first-order chi connectivity index (χ1) is 11.9. The van der Waals surface area contributed by atoms with Gasteiger partial charge in [0.05, 0.1) is 0 Å². The first-order valence-electron chi connectivity index (χ1n) is 8.63. The third-order valence-corrected chi connectivity index (χ3v) is 4.35. The molecule has 0 atom stereocenters. The van der Waals surface area contributed by atoms with E-state index in [1.807, 2.05) is 20.8 Å². The summed E-state index contributed by atoms with van der Waals surface area (Å²) in [4.78, 5) is 17.3. The van der Waals surface area contributed by atoms with Crippen LogP contribution in [0.1, 0.15) is 51.8 Å². The maximum atomic E-state index is 12.5. The minimum Gasteiger partial charge on any atom is -0.444 e. The Morgan fingerprint density at radius 1 is 1.27 bits per heavy atom. The zero-order valence-corrected chi connectivity index (χ0v) is 15.6. The molecule has 8 heteroatoms. The van der Waals surface area contributed by atoms with Gasteiger partial charge in [-0.15, -0.1) is 0 Å². The first-order valence-corrected chi connectivity index (χ1v) is 8.63. The lowest BCUT2D eigenvalue weighted by molar-refractivity contribution is -0.141. The first kappa shape index (κ1) is 20.5. The van der Waals surface area contributed by atoms with E-state index in [4.69, 9.17) is 4.74 Å². The summed E-state index contributed by atoms with van der Waals surface area (Å²) in [6.45, 7) is 9.12. The number of amides is 1. The number of carbonyl (C=O) groups excluding carboxylic acids is 1. The maximum absolute atomic E-state index is 12.5. The van der Waals surface area contributed by atoms with Gasteiger partial charge in [0.1, 0.15) is 11.3 Å². The summed E-state index contributed by atoms with van der Waals surface area (Å²) >= 11 is 0. The fraction of sp³-hybridized carbons (Fsp3) is 0.667. The molecule has 0 spiro atoms. The van der Waals surface area contributed by atoms with E-state index >= 15 is 0 Å². The number of aromatic nitrogens is 1. The standard InChI is InChI=1S/C18H26F3N3O2/c1-16(2,3)26-15(25)24-9-7-17(4,8-10-24)23-12-13-5-6-14(22-11-13)18(19,20)21/h5-6,11,23H,7-10,12H2,1-4H3. The van der Waals surface area contributed by atoms with E-state index in [0.717, 1.165) is 18.9 Å². The van der Waals surface area contributed by atoms with E-state index in [9.17, 15) is 18.0 Å². The fourth-order valence-corrected chi connectivity index (χ4v) is 2.70. The van der Waals surface area contributed by atoms with Gasteiger partial charge >= 0.3 is 12.3 Å². The molecule has 2 rings (SSSR count). The summed E-state index contributed by atoms with van der Waals surface area (Å²) in [5.41, 5.74) is -0.917. The van der Waals surface area contributed by atoms with Crippen molar-refractivity contribution in [2.45, 2.75) is 64.4 Å². The third-order valence-electron chi connectivity index (χ3n) is 4.35. The van der Waals surface area contributed by atoms with Crippen molar-refractivity contribution < 1.29 is 22.7 Å². The number of ether oxygens (including phenoxy) is 1. The van der Waals surface area contributed by atoms with Gasteiger partial charge in [-0.2, -0.15) is 13.2 Å². The average Bonchev–Trinajstić information content (AvgIpc) is 2.51. The van der Waals surface area contributed by atoms with Crippen LogP contribution in [0.4, 0.5) is 18.0 Å². The topological polar surface area (TPSA) is 54.5 Å². The van der Waals surface area contributed by atoms with Gasteiger partial charge < -0.3 is 15.0 Å². The molecule has 0 radical (unpaired) electrons. The Kier molecular flexibility index (Phi) is 5.85. The van der Waals surface area contributed by atoms with E-state index in [1.165, 1.54) is 12.3 Å². The van der Waals surface area contributed by atoms with E-state index in [-0.39, 0.29) is 11.6 Å². The quantitative estimate of drug-likeness (QED) is 0.871. The van der Waals surface area contributed by atoms with Crippen LogP contribution in [-0.2, 0) is 17.5 Å². The molecule has 1 saturated heterocycles. The molecule has 1 aromatic rings. The second-order valence-electron chi connectivity index (χ2n) is 7.93. The number of piperidine rings is 1. The third kappa shape index (κ3) is 5.86. The Bertz CT molecular complexity index is 616. The van der Waals surface area contributed by atoms with Crippen LogP contribution in [0.2, 0.25) is 0 Å². The molecule has 1 N–H and O–H groups in total. The lowest BCUT2D eigenvalue weighted by atomic mass is 9.89. The van der Waals surface area contributed by atoms with Gasteiger partial charge in [0, 0.05) is 31.4 Å². The van der Waals surface area contributed by atoms with Crippen LogP contribution in [0.5, 0.6) is 0 Å². The molecular formula is C18H26F3N3O2. The number of rotatable bonds is 3. The summed E-state index contributed by atoms with van der Waals surface area (Å²) in [5, 5.41) is 3.38. The Balaban J connectivity index is 1.85. The molecule has 5 nitrogen and oxygen atoms in total. The molecule has 1 aliphatic rings. The van der Waals surface area contributed by atoms with Gasteiger partial charge in [0.15, 0.2) is 0 Å². The van der Waals surface area contributed by atoms with Gasteiger partial charge in [0.2, 0.25) is 0 Å². The summed E-state index contributed by atoms with van der Waals surface area (Å²) in [7, 11) is 0. The van der Waals surface area contributed by atoms with Crippen molar-refractivity contribution in [3.8, 4) is 0 Å². The predicted molar refractivity (Wildman–Crippen MR) is 91.5 cm³/mol. The molecule has 26 heavy (non-hydrogen) atoms. The monoisotopic (exact) mass is 373 g/mol. The van der Waals surface area contributed by atoms with Crippen molar-refractivity contribution >= 4 is 6.09 Å². The van der Waals surface area contributed by atoms with Gasteiger partial charge in [-0.1, -0.05) is 6.07 Å². The molecule has 146 valence electrons. The minimum atomic E-state index is -4.42. The van der Waals surface area contributed by atoms with E-state index in [0.29, 0.717) is 25.2 Å². The number of pyridine rings is 1. The van der Waals surface area contributed by atoms with Crippen LogP contribution in [0.3, 0.4) is 0 Å². The highest BCUT2D eigenvalue weighted by atomic mass is 19.4. The van der Waals surface area contributed by atoms with Gasteiger partial charge in [-0.3, -0.25) is 4.98 Å². The fourth-order valence-electron chi connectivity index (χ4n) is 2.70. The Hall–Kier alpha value is -1.83. The summed E-state index contributed by atoms with van der Waals surface area (Å²) in [5.74, 6) is 0. The Labute approximate surface area is 151 Å². The number of likely N-dealkylation sites (tertiary alicyclic amines) is 1. The average molecular weight is 373 g/mol. The van der Waals surface area contributed by atoms with E-state index in [1.54, 1.807) is 4.90 Å². The van der Waals surface area contributed by atoms with Crippen molar-refractivity contribution in [1.29, 1.82) is 0 Å². The normalized spacial score (nSPS) is 17.9. The van der Waals surface area contributed by atoms with Crippen LogP contribution in [0, 0.1) is 0 Å². The van der Waals surface area contributed by atoms with Gasteiger partial charge in [-0.05, 0) is 52.2 Å². The van der Waals surface area contributed by atoms with Gasteiger partial charge in [0.25, 0.3) is 0 Å². The lowest BCUT2D eigenvalue weighted by Crippen LogP contribution is -2.53. The number of nitrogens with zero attached hydrogens (tertiary/aromatic N) is 2. The minimum absolute atomic E-state index is 0.193. The molecule has 1 aromatic heterocycles. The number of hydrogen-bond donors (Lipinski definition) is 1. The molecule has 0 unspecified atom stereocenters. The zero-order valence-electron chi connectivity index (χ0n) is 15.6. The molecule has 0 bridgehead atoms. The Morgan fingerprint density at radius 2 is 1.88 bits per heavy atom. The van der Waals surface area contributed by atoms with Crippen molar-refractivity contribution in [2.24, 2.45) is 0 Å². The molecule has 0 aromatic carbocycles. The molecular weight excluding hydrogens is 347 g/mol. The van der Waals surface area contributed by atoms with Crippen molar-refractivity contribution in [2.75, 3.05) is 13.1 Å². The summed E-state index contributed by atoms with van der Waals surface area (Å²) < 4.78 is 43.0. The van der Waals surface area contributed by atoms with Crippen LogP contribution >= 0.6 is 0 Å². The molecule has 0 saturated carbocycles. The zero-order chi connectivity index (χ0) is 19.6. The van der Waals surface area contributed by atoms with Crippen molar-refractivity contribution in [1.82, 2.24) is 15.2 Å². The second-order valence-corrected chi connectivity index (χ2v) is 7.93. The second kappa shape index (κ2) is 7.42. The highest BCUT2D eigenvalue weighted by Crippen LogP contribution is 2.27. The van der Waals surface area contributed by atoms with Crippen LogP contribution in [0.25, 0.3) is 0 Å². The smallest absolute Gasteiger partial charge is 0.433 e. The number of carbonyl (C=O) groups is 1. The summed E-state index contributed by atoms with van der Waals surface area (Å²) in [6, 6.07) is 2.42. The Morgan fingerprint density at radius 3 is 2.35 bits per heavy atom. The van der Waals surface area contributed by atoms with Crippen LogP contribution in [-0.4, -0.2) is 40.2 Å². The van der Waals surface area contributed by atoms with E-state index < -0.39 is 17.5 Å². The van der Waals surface area contributed by atoms with Crippen LogP contribution in [0.15, 0.2) is 18.3 Å².